The topological polar surface area (TPSA) is 131 Å². The van der Waals surface area contributed by atoms with E-state index >= 15 is 0 Å². The molecule has 1 amide bonds. The van der Waals surface area contributed by atoms with E-state index in [2.05, 4.69) is 10.6 Å². The minimum atomic E-state index is -1.23. The number of rotatable bonds is 7. The molecular formula is C16H21N3O6. The van der Waals surface area contributed by atoms with Crippen LogP contribution in [0.5, 0.6) is 0 Å². The minimum Gasteiger partial charge on any atom is -0.478 e. The van der Waals surface area contributed by atoms with Crippen molar-refractivity contribution in [2.75, 3.05) is 18.4 Å². The number of nitro groups is 1. The summed E-state index contributed by atoms with van der Waals surface area (Å²) in [6.45, 7) is 5.79. The standard InChI is InChI=1S/C16H21N3O6/c1-16(2,3)25-15(22)18-9-5-4-8-17-12-7-6-11(14(20)21)10-13(12)19(23)24/h4-7,10,17H,8-9H2,1-3H3,(H,18,22)(H,20,21)/b5-4+. The van der Waals surface area contributed by atoms with Crippen LogP contribution in [0.1, 0.15) is 31.1 Å². The zero-order valence-electron chi connectivity index (χ0n) is 14.2. The maximum absolute atomic E-state index is 11.4. The van der Waals surface area contributed by atoms with E-state index in [1.54, 1.807) is 32.9 Å². The van der Waals surface area contributed by atoms with Crippen LogP contribution in [0.3, 0.4) is 0 Å². The summed E-state index contributed by atoms with van der Waals surface area (Å²) in [5.74, 6) is -1.23. The summed E-state index contributed by atoms with van der Waals surface area (Å²) in [5.41, 5.74) is -0.842. The van der Waals surface area contributed by atoms with E-state index in [-0.39, 0.29) is 30.0 Å². The molecule has 136 valence electrons. The number of nitrogens with zero attached hydrogens (tertiary/aromatic N) is 1. The molecule has 0 aromatic heterocycles. The smallest absolute Gasteiger partial charge is 0.407 e. The summed E-state index contributed by atoms with van der Waals surface area (Å²) in [6.07, 6.45) is 2.80. The van der Waals surface area contributed by atoms with Crippen LogP contribution in [0, 0.1) is 10.1 Å². The maximum Gasteiger partial charge on any atom is 0.407 e. The lowest BCUT2D eigenvalue weighted by Gasteiger charge is -2.19. The molecule has 0 fully saturated rings. The number of carbonyl (C=O) groups excluding carboxylic acids is 1. The molecule has 1 aromatic carbocycles. The maximum atomic E-state index is 11.4. The quantitative estimate of drug-likeness (QED) is 0.391. The van der Waals surface area contributed by atoms with Crippen molar-refractivity contribution in [1.82, 2.24) is 5.32 Å². The van der Waals surface area contributed by atoms with Crippen molar-refractivity contribution in [1.29, 1.82) is 0 Å². The summed E-state index contributed by atoms with van der Waals surface area (Å²) in [4.78, 5) is 32.6. The van der Waals surface area contributed by atoms with E-state index in [0.29, 0.717) is 0 Å². The second-order valence-electron chi connectivity index (χ2n) is 6.03. The van der Waals surface area contributed by atoms with Crippen molar-refractivity contribution in [2.45, 2.75) is 26.4 Å². The summed E-state index contributed by atoms with van der Waals surface area (Å²) in [7, 11) is 0. The Morgan fingerprint density at radius 2 is 1.92 bits per heavy atom. The molecule has 0 aliphatic heterocycles. The number of hydrogen-bond donors (Lipinski definition) is 3. The minimum absolute atomic E-state index is 0.158. The van der Waals surface area contributed by atoms with Crippen LogP contribution in [-0.4, -0.2) is 40.8 Å². The number of nitrogens with one attached hydrogen (secondary N) is 2. The van der Waals surface area contributed by atoms with Crippen molar-refractivity contribution < 1.29 is 24.4 Å². The monoisotopic (exact) mass is 351 g/mol. The normalized spacial score (nSPS) is 11.2. The Kier molecular flexibility index (Phi) is 6.92. The van der Waals surface area contributed by atoms with Gasteiger partial charge < -0.3 is 20.5 Å². The second kappa shape index (κ2) is 8.67. The number of carboxylic acids is 1. The number of nitro benzene ring substituents is 1. The molecule has 0 heterocycles. The van der Waals surface area contributed by atoms with Crippen LogP contribution >= 0.6 is 0 Å². The van der Waals surface area contributed by atoms with Gasteiger partial charge in [0.25, 0.3) is 5.69 Å². The number of carbonyl (C=O) groups is 2. The van der Waals surface area contributed by atoms with Crippen molar-refractivity contribution >= 4 is 23.4 Å². The van der Waals surface area contributed by atoms with E-state index < -0.39 is 22.6 Å². The predicted molar refractivity (Wildman–Crippen MR) is 91.9 cm³/mol. The van der Waals surface area contributed by atoms with Crippen LogP contribution in [0.2, 0.25) is 0 Å². The van der Waals surface area contributed by atoms with Crippen molar-refractivity contribution in [3.63, 3.8) is 0 Å². The van der Waals surface area contributed by atoms with E-state index in [1.807, 2.05) is 0 Å². The molecule has 0 bridgehead atoms. The van der Waals surface area contributed by atoms with Gasteiger partial charge in [0, 0.05) is 19.2 Å². The van der Waals surface area contributed by atoms with Gasteiger partial charge in [-0.05, 0) is 32.9 Å². The molecule has 0 aliphatic carbocycles. The number of ether oxygens (including phenoxy) is 1. The molecule has 0 radical (unpaired) electrons. The first-order valence-corrected chi connectivity index (χ1v) is 7.47. The van der Waals surface area contributed by atoms with Gasteiger partial charge in [-0.3, -0.25) is 10.1 Å². The predicted octanol–water partition coefficient (Wildman–Crippen LogP) is 2.79. The molecular weight excluding hydrogens is 330 g/mol. The van der Waals surface area contributed by atoms with Gasteiger partial charge in [0.2, 0.25) is 0 Å². The number of benzene rings is 1. The Morgan fingerprint density at radius 3 is 2.48 bits per heavy atom. The lowest BCUT2D eigenvalue weighted by atomic mass is 10.1. The van der Waals surface area contributed by atoms with Crippen LogP contribution in [0.4, 0.5) is 16.2 Å². The van der Waals surface area contributed by atoms with Crippen molar-refractivity contribution in [3.05, 3.63) is 46.0 Å². The fraction of sp³-hybridized carbons (Fsp3) is 0.375. The van der Waals surface area contributed by atoms with Gasteiger partial charge in [-0.2, -0.15) is 0 Å². The summed E-state index contributed by atoms with van der Waals surface area (Å²) < 4.78 is 5.06. The molecule has 9 heteroatoms. The van der Waals surface area contributed by atoms with Crippen LogP contribution < -0.4 is 10.6 Å². The Hall–Kier alpha value is -3.10. The fourth-order valence-electron chi connectivity index (χ4n) is 1.76. The van der Waals surface area contributed by atoms with E-state index in [1.165, 1.54) is 12.1 Å². The molecule has 3 N–H and O–H groups in total. The molecule has 1 aromatic rings. The molecule has 0 saturated heterocycles. The average Bonchev–Trinajstić information content (AvgIpc) is 2.48. The number of aromatic carboxylic acids is 1. The first-order valence-electron chi connectivity index (χ1n) is 7.47. The fourth-order valence-corrected chi connectivity index (χ4v) is 1.76. The molecule has 0 saturated carbocycles. The molecule has 0 aliphatic rings. The van der Waals surface area contributed by atoms with Crippen LogP contribution in [0.25, 0.3) is 0 Å². The van der Waals surface area contributed by atoms with Gasteiger partial charge in [-0.15, -0.1) is 0 Å². The molecule has 25 heavy (non-hydrogen) atoms. The second-order valence-corrected chi connectivity index (χ2v) is 6.03. The third-order valence-corrected chi connectivity index (χ3v) is 2.78. The Balaban J connectivity index is 2.52. The number of carboxylic acid groups (broad SMARTS) is 1. The summed E-state index contributed by atoms with van der Waals surface area (Å²) >= 11 is 0. The summed E-state index contributed by atoms with van der Waals surface area (Å²) in [5, 5.41) is 25.2. The third kappa shape index (κ3) is 7.34. The number of anilines is 1. The van der Waals surface area contributed by atoms with Crippen LogP contribution in [0.15, 0.2) is 30.4 Å². The van der Waals surface area contributed by atoms with Gasteiger partial charge in [-0.25, -0.2) is 9.59 Å². The van der Waals surface area contributed by atoms with Gasteiger partial charge >= 0.3 is 12.1 Å². The highest BCUT2D eigenvalue weighted by molar-refractivity contribution is 5.89. The van der Waals surface area contributed by atoms with E-state index in [4.69, 9.17) is 9.84 Å². The first-order chi connectivity index (χ1) is 11.6. The number of hydrogen-bond acceptors (Lipinski definition) is 6. The Labute approximate surface area is 144 Å². The lowest BCUT2D eigenvalue weighted by Crippen LogP contribution is -2.32. The van der Waals surface area contributed by atoms with E-state index in [0.717, 1.165) is 6.07 Å². The molecule has 1 rings (SSSR count). The average molecular weight is 351 g/mol. The van der Waals surface area contributed by atoms with Gasteiger partial charge in [0.15, 0.2) is 0 Å². The highest BCUT2D eigenvalue weighted by Crippen LogP contribution is 2.25. The largest absolute Gasteiger partial charge is 0.478 e. The van der Waals surface area contributed by atoms with E-state index in [9.17, 15) is 19.7 Å². The van der Waals surface area contributed by atoms with Crippen molar-refractivity contribution in [2.24, 2.45) is 0 Å². The SMILES string of the molecule is CC(C)(C)OC(=O)NC/C=C/CNc1ccc(C(=O)O)cc1[N+](=O)[O-]. The highest BCUT2D eigenvalue weighted by Gasteiger charge is 2.17. The number of alkyl carbamates (subject to hydrolysis) is 1. The molecule has 0 atom stereocenters. The Morgan fingerprint density at radius 1 is 1.28 bits per heavy atom. The molecule has 9 nitrogen and oxygen atoms in total. The van der Waals surface area contributed by atoms with Crippen LogP contribution in [-0.2, 0) is 4.74 Å². The van der Waals surface area contributed by atoms with Gasteiger partial charge in [0.1, 0.15) is 11.3 Å². The van der Waals surface area contributed by atoms with Gasteiger partial charge in [0.05, 0.1) is 10.5 Å². The molecule has 0 spiro atoms. The number of amides is 1. The highest BCUT2D eigenvalue weighted by atomic mass is 16.6. The van der Waals surface area contributed by atoms with Crippen molar-refractivity contribution in [3.8, 4) is 0 Å². The third-order valence-electron chi connectivity index (χ3n) is 2.78. The molecule has 0 unspecified atom stereocenters. The first kappa shape index (κ1) is 19.9. The lowest BCUT2D eigenvalue weighted by molar-refractivity contribution is -0.384. The zero-order valence-corrected chi connectivity index (χ0v) is 14.2. The van der Waals surface area contributed by atoms with Gasteiger partial charge in [-0.1, -0.05) is 12.2 Å². The Bertz CT molecular complexity index is 679. The summed E-state index contributed by atoms with van der Waals surface area (Å²) in [6, 6.07) is 3.62. The zero-order chi connectivity index (χ0) is 19.0.